The van der Waals surface area contributed by atoms with E-state index in [2.05, 4.69) is 16.8 Å². The minimum atomic E-state index is -0.195. The van der Waals surface area contributed by atoms with Crippen LogP contribution in [0.25, 0.3) is 0 Å². The second-order valence-corrected chi connectivity index (χ2v) is 6.29. The number of amides is 1. The van der Waals surface area contributed by atoms with E-state index in [1.54, 1.807) is 12.1 Å². The first kappa shape index (κ1) is 16.3. The first-order valence-electron chi connectivity index (χ1n) is 8.29. The highest BCUT2D eigenvalue weighted by Gasteiger charge is 2.26. The third-order valence-corrected chi connectivity index (χ3v) is 4.69. The Morgan fingerprint density at radius 1 is 1.12 bits per heavy atom. The maximum Gasteiger partial charge on any atom is 0.229 e. The van der Waals surface area contributed by atoms with Crippen LogP contribution in [0, 0.1) is 6.92 Å². The summed E-state index contributed by atoms with van der Waals surface area (Å²) in [4.78, 5) is 21.1. The lowest BCUT2D eigenvalue weighted by molar-refractivity contribution is -0.132. The van der Waals surface area contributed by atoms with Crippen LogP contribution in [0.15, 0.2) is 42.7 Å². The van der Waals surface area contributed by atoms with Crippen LogP contribution in [0.3, 0.4) is 0 Å². The molecule has 5 nitrogen and oxygen atoms in total. The van der Waals surface area contributed by atoms with E-state index < -0.39 is 0 Å². The molecule has 1 atom stereocenters. The zero-order chi connectivity index (χ0) is 17.1. The molecule has 24 heavy (non-hydrogen) atoms. The molecule has 1 saturated heterocycles. The van der Waals surface area contributed by atoms with Crippen molar-refractivity contribution in [3.8, 4) is 5.75 Å². The molecule has 2 aromatic rings. The van der Waals surface area contributed by atoms with Crippen LogP contribution < -0.4 is 4.90 Å². The Labute approximate surface area is 142 Å². The van der Waals surface area contributed by atoms with Crippen molar-refractivity contribution in [3.63, 3.8) is 0 Å². The van der Waals surface area contributed by atoms with E-state index in [9.17, 15) is 9.90 Å². The summed E-state index contributed by atoms with van der Waals surface area (Å²) in [5.74, 6) is 0.173. The average Bonchev–Trinajstić information content (AvgIpc) is 2.62. The highest BCUT2D eigenvalue weighted by Crippen LogP contribution is 2.23. The summed E-state index contributed by atoms with van der Waals surface area (Å²) < 4.78 is 0. The van der Waals surface area contributed by atoms with Crippen LogP contribution in [0.2, 0.25) is 0 Å². The molecule has 0 unspecified atom stereocenters. The number of hydrogen-bond acceptors (Lipinski definition) is 4. The third-order valence-electron chi connectivity index (χ3n) is 4.69. The van der Waals surface area contributed by atoms with Crippen molar-refractivity contribution >= 4 is 11.6 Å². The van der Waals surface area contributed by atoms with Gasteiger partial charge in [0.05, 0.1) is 5.92 Å². The number of aromatic hydroxyl groups is 1. The number of hydrogen-bond donors (Lipinski definition) is 1. The van der Waals surface area contributed by atoms with Gasteiger partial charge in [-0.1, -0.05) is 12.1 Å². The fourth-order valence-electron chi connectivity index (χ4n) is 3.17. The Balaban J connectivity index is 1.63. The first-order chi connectivity index (χ1) is 11.6. The molecule has 1 aliphatic rings. The highest BCUT2D eigenvalue weighted by molar-refractivity contribution is 5.83. The average molecular weight is 325 g/mol. The number of piperazine rings is 1. The summed E-state index contributed by atoms with van der Waals surface area (Å²) >= 11 is 0. The Kier molecular flexibility index (Phi) is 4.69. The summed E-state index contributed by atoms with van der Waals surface area (Å²) in [6, 6.07) is 8.92. The number of carbonyl (C=O) groups excluding carboxylic acids is 1. The molecule has 1 aliphatic heterocycles. The molecule has 0 aliphatic carbocycles. The Morgan fingerprint density at radius 3 is 2.42 bits per heavy atom. The predicted molar refractivity (Wildman–Crippen MR) is 94.3 cm³/mol. The van der Waals surface area contributed by atoms with E-state index in [-0.39, 0.29) is 17.6 Å². The molecular weight excluding hydrogens is 302 g/mol. The molecule has 0 spiro atoms. The summed E-state index contributed by atoms with van der Waals surface area (Å²) in [5, 5.41) is 9.38. The number of pyridine rings is 1. The molecule has 1 aromatic heterocycles. The second kappa shape index (κ2) is 6.91. The maximum atomic E-state index is 12.7. The van der Waals surface area contributed by atoms with E-state index in [0.29, 0.717) is 0 Å². The van der Waals surface area contributed by atoms with Gasteiger partial charge in [-0.15, -0.1) is 0 Å². The quantitative estimate of drug-likeness (QED) is 0.942. The van der Waals surface area contributed by atoms with Gasteiger partial charge in [0.1, 0.15) is 5.75 Å². The summed E-state index contributed by atoms with van der Waals surface area (Å²) in [6.45, 7) is 7.10. The van der Waals surface area contributed by atoms with Crippen molar-refractivity contribution in [1.29, 1.82) is 0 Å². The van der Waals surface area contributed by atoms with E-state index >= 15 is 0 Å². The van der Waals surface area contributed by atoms with Gasteiger partial charge < -0.3 is 14.9 Å². The molecule has 1 aromatic carbocycles. The monoisotopic (exact) mass is 325 g/mol. The zero-order valence-corrected chi connectivity index (χ0v) is 14.1. The number of carbonyl (C=O) groups is 1. The van der Waals surface area contributed by atoms with Crippen LogP contribution in [-0.2, 0) is 4.79 Å². The van der Waals surface area contributed by atoms with Gasteiger partial charge in [0.25, 0.3) is 0 Å². The van der Waals surface area contributed by atoms with Crippen LogP contribution in [0.5, 0.6) is 5.75 Å². The van der Waals surface area contributed by atoms with Crippen molar-refractivity contribution in [1.82, 2.24) is 9.88 Å². The van der Waals surface area contributed by atoms with E-state index in [4.69, 9.17) is 0 Å². The van der Waals surface area contributed by atoms with Crippen molar-refractivity contribution in [3.05, 3.63) is 53.9 Å². The molecule has 126 valence electrons. The van der Waals surface area contributed by atoms with Gasteiger partial charge in [0.15, 0.2) is 0 Å². The highest BCUT2D eigenvalue weighted by atomic mass is 16.3. The minimum absolute atomic E-state index is 0.145. The largest absolute Gasteiger partial charge is 0.508 e. The number of rotatable bonds is 3. The zero-order valence-electron chi connectivity index (χ0n) is 14.1. The lowest BCUT2D eigenvalue weighted by Crippen LogP contribution is -2.50. The maximum absolute atomic E-state index is 12.7. The summed E-state index contributed by atoms with van der Waals surface area (Å²) in [7, 11) is 0. The van der Waals surface area contributed by atoms with Gasteiger partial charge in [-0.2, -0.15) is 0 Å². The number of phenolic OH excluding ortho intramolecular Hbond substituents is 1. The number of phenols is 1. The Hall–Kier alpha value is -2.56. The Bertz CT molecular complexity index is 707. The van der Waals surface area contributed by atoms with Crippen molar-refractivity contribution in [2.75, 3.05) is 31.1 Å². The molecule has 1 fully saturated rings. The third kappa shape index (κ3) is 3.35. The van der Waals surface area contributed by atoms with E-state index in [1.807, 2.05) is 42.4 Å². The van der Waals surface area contributed by atoms with Crippen molar-refractivity contribution in [2.45, 2.75) is 19.8 Å². The van der Waals surface area contributed by atoms with Gasteiger partial charge in [-0.3, -0.25) is 9.78 Å². The normalized spacial score (nSPS) is 16.1. The molecule has 0 saturated carbocycles. The number of aryl methyl sites for hydroxylation is 1. The first-order valence-corrected chi connectivity index (χ1v) is 8.29. The Morgan fingerprint density at radius 2 is 1.79 bits per heavy atom. The fraction of sp³-hybridized carbons (Fsp3) is 0.368. The number of benzene rings is 1. The lowest BCUT2D eigenvalue weighted by Gasteiger charge is -2.37. The molecule has 1 N–H and O–H groups in total. The van der Waals surface area contributed by atoms with Crippen LogP contribution >= 0.6 is 0 Å². The van der Waals surface area contributed by atoms with E-state index in [0.717, 1.165) is 37.3 Å². The summed E-state index contributed by atoms with van der Waals surface area (Å²) in [6.07, 6.45) is 3.69. The molecular formula is C19H23N3O2. The van der Waals surface area contributed by atoms with Gasteiger partial charge >= 0.3 is 0 Å². The second-order valence-electron chi connectivity index (χ2n) is 6.29. The molecule has 0 bridgehead atoms. The van der Waals surface area contributed by atoms with Crippen molar-refractivity contribution < 1.29 is 9.90 Å². The molecule has 3 rings (SSSR count). The van der Waals surface area contributed by atoms with Crippen LogP contribution in [0.4, 0.5) is 5.69 Å². The van der Waals surface area contributed by atoms with E-state index in [1.165, 1.54) is 5.69 Å². The number of aromatic nitrogens is 1. The lowest BCUT2D eigenvalue weighted by atomic mass is 9.99. The molecule has 5 heteroatoms. The fourth-order valence-corrected chi connectivity index (χ4v) is 3.17. The van der Waals surface area contributed by atoms with Crippen LogP contribution in [-0.4, -0.2) is 47.1 Å². The van der Waals surface area contributed by atoms with Gasteiger partial charge in [0, 0.05) is 44.3 Å². The smallest absolute Gasteiger partial charge is 0.229 e. The van der Waals surface area contributed by atoms with Gasteiger partial charge in [0.2, 0.25) is 5.91 Å². The topological polar surface area (TPSA) is 56.7 Å². The van der Waals surface area contributed by atoms with Crippen LogP contribution in [0.1, 0.15) is 24.0 Å². The SMILES string of the molecule is Cc1cnccc1N1CCN(C(=O)[C@@H](C)c2ccc(O)cc2)CC1. The number of anilines is 1. The predicted octanol–water partition coefficient (Wildman–Crippen LogP) is 2.55. The van der Waals surface area contributed by atoms with Crippen molar-refractivity contribution in [2.24, 2.45) is 0 Å². The summed E-state index contributed by atoms with van der Waals surface area (Å²) in [5.41, 5.74) is 3.30. The molecule has 2 heterocycles. The van der Waals surface area contributed by atoms with Gasteiger partial charge in [-0.05, 0) is 43.2 Å². The van der Waals surface area contributed by atoms with Gasteiger partial charge in [-0.25, -0.2) is 0 Å². The standard InChI is InChI=1S/C19H23N3O2/c1-14-13-20-8-7-18(14)21-9-11-22(12-10-21)19(24)15(2)16-3-5-17(23)6-4-16/h3-8,13,15,23H,9-12H2,1-2H3/t15-/m0/s1. The minimum Gasteiger partial charge on any atom is -0.508 e. The molecule has 1 amide bonds. The molecule has 0 radical (unpaired) electrons. The number of nitrogens with zero attached hydrogens (tertiary/aromatic N) is 3.